The fraction of sp³-hybridized carbons (Fsp3) is 0.182. The first-order chi connectivity index (χ1) is 29.0. The van der Waals surface area contributed by atoms with Gasteiger partial charge in [0.25, 0.3) is 0 Å². The lowest BCUT2D eigenvalue weighted by molar-refractivity contribution is 0.416. The van der Waals surface area contributed by atoms with Gasteiger partial charge in [0.15, 0.2) is 0 Å². The predicted molar refractivity (Wildman–Crippen MR) is 251 cm³/mol. The lowest BCUT2D eigenvalue weighted by atomic mass is 9.88. The van der Waals surface area contributed by atoms with Gasteiger partial charge in [0.1, 0.15) is 11.6 Å². The number of hydrazone groups is 1. The number of para-hydroxylation sites is 1. The summed E-state index contributed by atoms with van der Waals surface area (Å²) in [6.07, 6.45) is 30.7. The van der Waals surface area contributed by atoms with E-state index in [2.05, 4.69) is 158 Å². The topological polar surface area (TPSA) is 73.6 Å². The van der Waals surface area contributed by atoms with Crippen LogP contribution in [-0.4, -0.2) is 12.9 Å². The van der Waals surface area contributed by atoms with E-state index in [-0.39, 0.29) is 0 Å². The van der Waals surface area contributed by atoms with Crippen LogP contribution in [0.15, 0.2) is 198 Å². The molecule has 8 rings (SSSR count). The molecule has 0 heterocycles. The van der Waals surface area contributed by atoms with Crippen molar-refractivity contribution in [1.82, 2.24) is 0 Å². The van der Waals surface area contributed by atoms with Crippen molar-refractivity contribution in [2.75, 3.05) is 7.11 Å². The third-order valence-corrected chi connectivity index (χ3v) is 11.1. The number of ether oxygens (including phenoxy) is 1. The van der Waals surface area contributed by atoms with Crippen molar-refractivity contribution in [2.45, 2.75) is 51.9 Å². The zero-order chi connectivity index (χ0) is 40.8. The lowest BCUT2D eigenvalue weighted by Gasteiger charge is -2.17. The zero-order valence-electron chi connectivity index (χ0n) is 34.4. The maximum atomic E-state index is 5.97. The molecule has 3 aliphatic carbocycles. The molecule has 0 saturated carbocycles. The highest BCUT2D eigenvalue weighted by atomic mass is 16.5. The number of nitrogens with zero attached hydrogens (tertiary/aromatic N) is 1. The minimum absolute atomic E-state index is 0.321. The van der Waals surface area contributed by atoms with Gasteiger partial charge in [0, 0.05) is 11.1 Å². The van der Waals surface area contributed by atoms with Gasteiger partial charge in [-0.05, 0) is 130 Å². The Morgan fingerprint density at radius 2 is 1.39 bits per heavy atom. The van der Waals surface area contributed by atoms with Gasteiger partial charge in [0.05, 0.1) is 7.11 Å². The fourth-order valence-electron chi connectivity index (χ4n) is 7.77. The molecule has 5 aromatic rings. The van der Waals surface area contributed by atoms with Crippen LogP contribution in [0.1, 0.15) is 66.8 Å². The molecule has 296 valence electrons. The Morgan fingerprint density at radius 3 is 2.08 bits per heavy atom. The average molecular weight is 774 g/mol. The van der Waals surface area contributed by atoms with Crippen LogP contribution >= 0.6 is 0 Å². The second kappa shape index (κ2) is 20.2. The third-order valence-electron chi connectivity index (χ3n) is 11.1. The molecule has 4 nitrogen and oxygen atoms in total. The standard InChI is InChI=1S/C36H35N3O.C19H20/c1-25-13-18-27(19-14-25)33(22-17-26-15-20-28(21-16-26)34-11-3-4-12-35(34)40-2)31-9-5-7-29(23-31)30-8-6-10-32(24-30)36(37)39-38;1-3-8-16(9-4-1)14-17-10-7-13-19(15-17)18-11-5-2-6-12-18/h3-13,15-16,18-25H,14,17,38H2,1-2H3,(H2,37,39);3,5,7-13,15H,1-2,4,6,14H2/b33-22+;. The number of methoxy groups -OCH3 is 1. The Kier molecular flexibility index (Phi) is 13.9. The SMILES string of the molecule is C1=CC(Cc2cccc(C3=CCCC=C3)c2)=CCC1.COc1ccccc1-c1ccc(C/C=C(\C2=CCC(C)C=C2)c2cccc(-c3cccc(/C(N)=N/N)c3)c2)cc1. The molecule has 0 bridgehead atoms. The number of hydrogen-bond donors (Lipinski definition) is 2. The van der Waals surface area contributed by atoms with Crippen molar-refractivity contribution in [3.63, 3.8) is 0 Å². The molecule has 0 amide bonds. The summed E-state index contributed by atoms with van der Waals surface area (Å²) in [5, 5.41) is 3.65. The zero-order valence-corrected chi connectivity index (χ0v) is 34.4. The normalized spacial score (nSPS) is 16.4. The monoisotopic (exact) mass is 773 g/mol. The molecular formula is C55H55N3O. The Balaban J connectivity index is 0.000000231. The minimum Gasteiger partial charge on any atom is -0.496 e. The lowest BCUT2D eigenvalue weighted by Crippen LogP contribution is -2.15. The molecular weight excluding hydrogens is 719 g/mol. The van der Waals surface area contributed by atoms with E-state index in [1.807, 2.05) is 36.4 Å². The Morgan fingerprint density at radius 1 is 0.678 bits per heavy atom. The van der Waals surface area contributed by atoms with Crippen molar-refractivity contribution in [1.29, 1.82) is 0 Å². The van der Waals surface area contributed by atoms with Crippen LogP contribution in [0.4, 0.5) is 0 Å². The number of amidine groups is 1. The summed E-state index contributed by atoms with van der Waals surface area (Å²) < 4.78 is 5.56. The maximum absolute atomic E-state index is 5.97. The van der Waals surface area contributed by atoms with Gasteiger partial charge < -0.3 is 16.3 Å². The molecule has 0 fully saturated rings. The largest absolute Gasteiger partial charge is 0.496 e. The highest BCUT2D eigenvalue weighted by Crippen LogP contribution is 2.33. The second-order valence-corrected chi connectivity index (χ2v) is 15.4. The first-order valence-corrected chi connectivity index (χ1v) is 20.8. The van der Waals surface area contributed by atoms with Gasteiger partial charge in [-0.1, -0.05) is 171 Å². The van der Waals surface area contributed by atoms with E-state index in [1.165, 1.54) is 70.2 Å². The van der Waals surface area contributed by atoms with Crippen LogP contribution in [0, 0.1) is 5.92 Å². The number of benzene rings is 5. The van der Waals surface area contributed by atoms with Crippen molar-refractivity contribution >= 4 is 17.0 Å². The van der Waals surface area contributed by atoms with E-state index in [0.717, 1.165) is 52.8 Å². The molecule has 3 aliphatic rings. The molecule has 1 unspecified atom stereocenters. The van der Waals surface area contributed by atoms with Crippen molar-refractivity contribution in [2.24, 2.45) is 22.6 Å². The van der Waals surface area contributed by atoms with Crippen molar-refractivity contribution in [3.05, 3.63) is 221 Å². The van der Waals surface area contributed by atoms with E-state index in [4.69, 9.17) is 16.3 Å². The summed E-state index contributed by atoms with van der Waals surface area (Å²) in [5.74, 6) is 7.17. The minimum atomic E-state index is 0.321. The Labute approximate surface area is 351 Å². The van der Waals surface area contributed by atoms with Crippen molar-refractivity contribution < 1.29 is 4.74 Å². The van der Waals surface area contributed by atoms with E-state index >= 15 is 0 Å². The molecule has 4 heteroatoms. The highest BCUT2D eigenvalue weighted by molar-refractivity contribution is 5.98. The van der Waals surface area contributed by atoms with Gasteiger partial charge in [-0.15, -0.1) is 0 Å². The molecule has 59 heavy (non-hydrogen) atoms. The molecule has 0 radical (unpaired) electrons. The first-order valence-electron chi connectivity index (χ1n) is 20.8. The number of hydrogen-bond acceptors (Lipinski definition) is 3. The van der Waals surface area contributed by atoms with Crippen LogP contribution in [0.25, 0.3) is 33.4 Å². The van der Waals surface area contributed by atoms with Crippen LogP contribution in [0.5, 0.6) is 5.75 Å². The fourth-order valence-corrected chi connectivity index (χ4v) is 7.77. The molecule has 0 aliphatic heterocycles. The van der Waals surface area contributed by atoms with Gasteiger partial charge >= 0.3 is 0 Å². The summed E-state index contributed by atoms with van der Waals surface area (Å²) in [6, 6.07) is 42.5. The quantitative estimate of drug-likeness (QED) is 0.0607. The van der Waals surface area contributed by atoms with Crippen LogP contribution < -0.4 is 16.3 Å². The first kappa shape index (κ1) is 40.5. The van der Waals surface area contributed by atoms with Gasteiger partial charge in [0.2, 0.25) is 0 Å². The third kappa shape index (κ3) is 10.9. The molecule has 0 spiro atoms. The molecule has 0 saturated heterocycles. The predicted octanol–water partition coefficient (Wildman–Crippen LogP) is 13.0. The number of allylic oxidation sites excluding steroid dienone is 14. The Hall–Kier alpha value is -6.65. The van der Waals surface area contributed by atoms with E-state index in [1.54, 1.807) is 7.11 Å². The van der Waals surface area contributed by atoms with Gasteiger partial charge in [-0.25, -0.2) is 0 Å². The molecule has 1 atom stereocenters. The molecule has 0 aromatic heterocycles. The molecule has 4 N–H and O–H groups in total. The Bertz CT molecular complexity index is 2490. The van der Waals surface area contributed by atoms with E-state index in [9.17, 15) is 0 Å². The van der Waals surface area contributed by atoms with Crippen LogP contribution in [-0.2, 0) is 12.8 Å². The highest BCUT2D eigenvalue weighted by Gasteiger charge is 2.13. The van der Waals surface area contributed by atoms with E-state index < -0.39 is 0 Å². The van der Waals surface area contributed by atoms with Crippen LogP contribution in [0.2, 0.25) is 0 Å². The summed E-state index contributed by atoms with van der Waals surface area (Å²) >= 11 is 0. The maximum Gasteiger partial charge on any atom is 0.150 e. The molecule has 5 aromatic carbocycles. The number of nitrogens with two attached hydrogens (primary N) is 2. The summed E-state index contributed by atoms with van der Waals surface area (Å²) in [7, 11) is 1.71. The summed E-state index contributed by atoms with van der Waals surface area (Å²) in [5.41, 5.74) is 21.7. The van der Waals surface area contributed by atoms with Crippen LogP contribution in [0.3, 0.4) is 0 Å². The summed E-state index contributed by atoms with van der Waals surface area (Å²) in [4.78, 5) is 0. The van der Waals surface area contributed by atoms with E-state index in [0.29, 0.717) is 11.8 Å². The average Bonchev–Trinajstić information content (AvgIpc) is 3.30. The van der Waals surface area contributed by atoms with Crippen molar-refractivity contribution in [3.8, 4) is 28.0 Å². The van der Waals surface area contributed by atoms with Gasteiger partial charge in [-0.3, -0.25) is 0 Å². The summed E-state index contributed by atoms with van der Waals surface area (Å²) in [6.45, 7) is 2.25. The smallest absolute Gasteiger partial charge is 0.150 e. The second-order valence-electron chi connectivity index (χ2n) is 15.4. The number of rotatable bonds is 11. The van der Waals surface area contributed by atoms with Gasteiger partial charge in [-0.2, -0.15) is 5.10 Å².